The number of hydrogen-bond acceptors (Lipinski definition) is 6. The molecule has 0 N–H and O–H groups in total. The van der Waals surface area contributed by atoms with Gasteiger partial charge in [0.25, 0.3) is 0 Å². The minimum absolute atomic E-state index is 0.00146. The lowest BCUT2D eigenvalue weighted by Crippen LogP contribution is -2.25. The van der Waals surface area contributed by atoms with E-state index in [-0.39, 0.29) is 18.8 Å². The van der Waals surface area contributed by atoms with Crippen LogP contribution in [0.5, 0.6) is 0 Å². The van der Waals surface area contributed by atoms with Crippen molar-refractivity contribution < 1.29 is 28.5 Å². The maximum absolute atomic E-state index is 12.0. The molecule has 1 fully saturated rings. The van der Waals surface area contributed by atoms with E-state index in [1.54, 1.807) is 0 Å². The summed E-state index contributed by atoms with van der Waals surface area (Å²) >= 11 is 0. The summed E-state index contributed by atoms with van der Waals surface area (Å²) in [5, 5.41) is 0. The third-order valence-electron chi connectivity index (χ3n) is 6.07. The normalized spacial score (nSPS) is 15.4. The van der Waals surface area contributed by atoms with Crippen LogP contribution in [0.25, 0.3) is 0 Å². The second-order valence-corrected chi connectivity index (χ2v) is 9.52. The summed E-state index contributed by atoms with van der Waals surface area (Å²) in [6.07, 6.45) is 15.6. The van der Waals surface area contributed by atoms with Crippen molar-refractivity contribution >= 4 is 12.3 Å². The average molecular weight is 457 g/mol. The molecule has 0 aromatic heterocycles. The number of ether oxygens (including phenoxy) is 4. The Kier molecular flexibility index (Phi) is 17.0. The topological polar surface area (TPSA) is 71.1 Å². The highest BCUT2D eigenvalue weighted by Gasteiger charge is 2.21. The molecule has 0 radical (unpaired) electrons. The van der Waals surface area contributed by atoms with Crippen molar-refractivity contribution in [1.29, 1.82) is 0 Å². The highest BCUT2D eigenvalue weighted by molar-refractivity contribution is 5.60. The quantitative estimate of drug-likeness (QED) is 0.163. The van der Waals surface area contributed by atoms with E-state index in [0.29, 0.717) is 25.9 Å². The lowest BCUT2D eigenvalue weighted by Gasteiger charge is -2.23. The Morgan fingerprint density at radius 2 is 1.34 bits per heavy atom. The fourth-order valence-corrected chi connectivity index (χ4v) is 4.03. The van der Waals surface area contributed by atoms with E-state index < -0.39 is 12.3 Å². The van der Waals surface area contributed by atoms with Crippen LogP contribution in [-0.4, -0.2) is 37.7 Å². The maximum atomic E-state index is 12.0. The molecule has 0 saturated heterocycles. The van der Waals surface area contributed by atoms with Gasteiger partial charge >= 0.3 is 12.3 Å². The fraction of sp³-hybridized carbons (Fsp3) is 0.923. The molecule has 1 atom stereocenters. The molecule has 32 heavy (non-hydrogen) atoms. The van der Waals surface area contributed by atoms with Gasteiger partial charge in [-0.2, -0.15) is 0 Å². The van der Waals surface area contributed by atoms with Crippen LogP contribution < -0.4 is 0 Å². The van der Waals surface area contributed by atoms with Gasteiger partial charge in [-0.05, 0) is 57.3 Å². The highest BCUT2D eigenvalue weighted by Crippen LogP contribution is 2.21. The van der Waals surface area contributed by atoms with E-state index in [0.717, 1.165) is 44.4 Å². The van der Waals surface area contributed by atoms with E-state index in [4.69, 9.17) is 18.9 Å². The second kappa shape index (κ2) is 19.0. The number of rotatable bonds is 17. The molecule has 1 aliphatic carbocycles. The molecule has 6 heteroatoms. The van der Waals surface area contributed by atoms with Crippen LogP contribution in [0.3, 0.4) is 0 Å². The Labute approximate surface area is 196 Å². The Hall–Kier alpha value is -1.46. The largest absolute Gasteiger partial charge is 0.508 e. The van der Waals surface area contributed by atoms with Crippen LogP contribution in [0.2, 0.25) is 0 Å². The average Bonchev–Trinajstić information content (AvgIpc) is 2.77. The van der Waals surface area contributed by atoms with Gasteiger partial charge in [0.15, 0.2) is 0 Å². The van der Waals surface area contributed by atoms with Gasteiger partial charge in [-0.25, -0.2) is 9.59 Å². The van der Waals surface area contributed by atoms with Crippen LogP contribution in [0.1, 0.15) is 124 Å². The molecule has 0 bridgehead atoms. The molecule has 188 valence electrons. The Balaban J connectivity index is 1.94. The molecule has 0 aliphatic heterocycles. The third kappa shape index (κ3) is 16.2. The third-order valence-corrected chi connectivity index (χ3v) is 6.07. The lowest BCUT2D eigenvalue weighted by atomic mass is 9.98. The van der Waals surface area contributed by atoms with Gasteiger partial charge < -0.3 is 18.9 Å². The SMILES string of the molecule is CCC(CCCOC(=O)OCCCCCCCCCC(C)C)OC(=O)OC1CCCCC1. The Morgan fingerprint density at radius 1 is 0.750 bits per heavy atom. The zero-order valence-corrected chi connectivity index (χ0v) is 20.9. The summed E-state index contributed by atoms with van der Waals surface area (Å²) in [6.45, 7) is 7.21. The van der Waals surface area contributed by atoms with Gasteiger partial charge in [-0.1, -0.05) is 72.1 Å². The summed E-state index contributed by atoms with van der Waals surface area (Å²) in [5.41, 5.74) is 0. The van der Waals surface area contributed by atoms with E-state index in [1.165, 1.54) is 44.9 Å². The van der Waals surface area contributed by atoms with Crippen LogP contribution in [0.15, 0.2) is 0 Å². The number of carbonyl (C=O) groups excluding carboxylic acids is 2. The van der Waals surface area contributed by atoms with Gasteiger partial charge in [-0.3, -0.25) is 0 Å². The molecule has 1 unspecified atom stereocenters. The van der Waals surface area contributed by atoms with Crippen LogP contribution >= 0.6 is 0 Å². The minimum Gasteiger partial charge on any atom is -0.434 e. The van der Waals surface area contributed by atoms with Gasteiger partial charge in [0.2, 0.25) is 0 Å². The molecule has 1 saturated carbocycles. The molecule has 0 heterocycles. The molecular formula is C26H48O6. The van der Waals surface area contributed by atoms with Crippen molar-refractivity contribution in [3.63, 3.8) is 0 Å². The van der Waals surface area contributed by atoms with Crippen molar-refractivity contribution in [3.8, 4) is 0 Å². The number of unbranched alkanes of at least 4 members (excludes halogenated alkanes) is 6. The maximum Gasteiger partial charge on any atom is 0.508 e. The summed E-state index contributed by atoms with van der Waals surface area (Å²) < 4.78 is 21.1. The van der Waals surface area contributed by atoms with Gasteiger partial charge in [-0.15, -0.1) is 0 Å². The van der Waals surface area contributed by atoms with Crippen LogP contribution in [0.4, 0.5) is 9.59 Å². The Morgan fingerprint density at radius 3 is 1.97 bits per heavy atom. The molecule has 1 rings (SSSR count). The number of carbonyl (C=O) groups is 2. The predicted molar refractivity (Wildman–Crippen MR) is 127 cm³/mol. The standard InChI is InChI=1S/C26H48O6/c1-4-23(31-26(28)32-24-17-12-10-13-18-24)19-15-21-30-25(27)29-20-14-9-7-5-6-8-11-16-22(2)3/h22-24H,4-21H2,1-3H3. The monoisotopic (exact) mass is 456 g/mol. The zero-order valence-electron chi connectivity index (χ0n) is 20.9. The summed E-state index contributed by atoms with van der Waals surface area (Å²) in [4.78, 5) is 23.6. The molecule has 6 nitrogen and oxygen atoms in total. The first-order valence-electron chi connectivity index (χ1n) is 13.2. The fourth-order valence-electron chi connectivity index (χ4n) is 4.03. The second-order valence-electron chi connectivity index (χ2n) is 9.52. The first-order chi connectivity index (χ1) is 15.5. The van der Waals surface area contributed by atoms with E-state index in [2.05, 4.69) is 13.8 Å². The molecule has 0 aromatic carbocycles. The smallest absolute Gasteiger partial charge is 0.434 e. The molecule has 0 amide bonds. The highest BCUT2D eigenvalue weighted by atomic mass is 16.7. The molecular weight excluding hydrogens is 408 g/mol. The van der Waals surface area contributed by atoms with Crippen molar-refractivity contribution in [2.45, 2.75) is 136 Å². The zero-order chi connectivity index (χ0) is 23.4. The van der Waals surface area contributed by atoms with Gasteiger partial charge in [0.1, 0.15) is 12.2 Å². The van der Waals surface area contributed by atoms with E-state index in [1.807, 2.05) is 6.92 Å². The number of hydrogen-bond donors (Lipinski definition) is 0. The summed E-state index contributed by atoms with van der Waals surface area (Å²) in [7, 11) is 0. The molecule has 1 aliphatic rings. The van der Waals surface area contributed by atoms with Gasteiger partial charge in [0, 0.05) is 0 Å². The lowest BCUT2D eigenvalue weighted by molar-refractivity contribution is -0.0158. The van der Waals surface area contributed by atoms with Gasteiger partial charge in [0.05, 0.1) is 13.2 Å². The predicted octanol–water partition coefficient (Wildman–Crippen LogP) is 7.96. The summed E-state index contributed by atoms with van der Waals surface area (Å²) in [6, 6.07) is 0. The van der Waals surface area contributed by atoms with Crippen molar-refractivity contribution in [2.75, 3.05) is 13.2 Å². The molecule has 0 aromatic rings. The molecule has 0 spiro atoms. The van der Waals surface area contributed by atoms with Crippen molar-refractivity contribution in [3.05, 3.63) is 0 Å². The first kappa shape index (κ1) is 28.6. The van der Waals surface area contributed by atoms with Crippen molar-refractivity contribution in [1.82, 2.24) is 0 Å². The van der Waals surface area contributed by atoms with Crippen molar-refractivity contribution in [2.24, 2.45) is 5.92 Å². The Bertz CT molecular complexity index is 473. The van der Waals surface area contributed by atoms with Crippen LogP contribution in [-0.2, 0) is 18.9 Å². The van der Waals surface area contributed by atoms with Crippen LogP contribution in [0, 0.1) is 5.92 Å². The minimum atomic E-state index is -0.607. The summed E-state index contributed by atoms with van der Waals surface area (Å²) in [5.74, 6) is 0.808. The first-order valence-corrected chi connectivity index (χ1v) is 13.2. The van der Waals surface area contributed by atoms with E-state index in [9.17, 15) is 9.59 Å². The van der Waals surface area contributed by atoms with E-state index >= 15 is 0 Å².